The summed E-state index contributed by atoms with van der Waals surface area (Å²) in [5, 5.41) is 4.76. The fourth-order valence-corrected chi connectivity index (χ4v) is 6.87. The van der Waals surface area contributed by atoms with E-state index in [1.807, 2.05) is 47.4 Å². The lowest BCUT2D eigenvalue weighted by Crippen LogP contribution is -2.68. The highest BCUT2D eigenvalue weighted by atomic mass is 16.2. The van der Waals surface area contributed by atoms with Crippen LogP contribution in [0.3, 0.4) is 0 Å². The standard InChI is InChI=1S/C36H38N6O/c1-36-38-37-34(30-18-9-4-10-19-30)42(36)32-21-12-11-20-31(32)35(43)41(36)23-13-22-39-24-26-40(27-25-39)33(28-14-5-2-6-15-28)29-16-7-3-8-17-29/h2-12,14-21,33,38H,13,22-27H2,1H3. The normalized spacial score (nSPS) is 20.5. The van der Waals surface area contributed by atoms with Crippen molar-refractivity contribution in [2.45, 2.75) is 25.2 Å². The maximum Gasteiger partial charge on any atom is 0.259 e. The summed E-state index contributed by atoms with van der Waals surface area (Å²) in [5.41, 5.74) is 8.64. The van der Waals surface area contributed by atoms with E-state index < -0.39 is 5.79 Å². The van der Waals surface area contributed by atoms with Crippen molar-refractivity contribution in [3.8, 4) is 0 Å². The first-order valence-electron chi connectivity index (χ1n) is 15.3. The van der Waals surface area contributed by atoms with E-state index in [1.54, 1.807) is 0 Å². The number of carbonyl (C=O) groups excluding carboxylic acids is 1. The van der Waals surface area contributed by atoms with Crippen molar-refractivity contribution in [1.82, 2.24) is 20.1 Å². The van der Waals surface area contributed by atoms with Gasteiger partial charge in [0, 0.05) is 38.3 Å². The third-order valence-corrected chi connectivity index (χ3v) is 9.06. The predicted molar refractivity (Wildman–Crippen MR) is 172 cm³/mol. The van der Waals surface area contributed by atoms with Crippen LogP contribution in [0.5, 0.6) is 0 Å². The van der Waals surface area contributed by atoms with E-state index >= 15 is 0 Å². The number of amides is 1. The SMILES string of the molecule is CC12NN=C(c3ccccc3)N1c1ccccc1C(=O)N2CCCN1CCN(C(c2ccccc2)c2ccccc2)CC1. The van der Waals surface area contributed by atoms with E-state index in [0.717, 1.165) is 56.2 Å². The average Bonchev–Trinajstić information content (AvgIpc) is 3.43. The van der Waals surface area contributed by atoms with Gasteiger partial charge in [0.15, 0.2) is 5.84 Å². The Hall–Kier alpha value is -4.46. The highest BCUT2D eigenvalue weighted by molar-refractivity contribution is 6.17. The quantitative estimate of drug-likeness (QED) is 0.308. The molecule has 1 fully saturated rings. The number of benzene rings is 4. The second-order valence-corrected chi connectivity index (χ2v) is 11.7. The molecule has 43 heavy (non-hydrogen) atoms. The fourth-order valence-electron chi connectivity index (χ4n) is 6.87. The molecule has 1 atom stereocenters. The number of piperazine rings is 1. The number of hydrogen-bond donors (Lipinski definition) is 1. The van der Waals surface area contributed by atoms with E-state index in [9.17, 15) is 4.79 Å². The van der Waals surface area contributed by atoms with Crippen LogP contribution in [-0.2, 0) is 0 Å². The summed E-state index contributed by atoms with van der Waals surface area (Å²) in [7, 11) is 0. The summed E-state index contributed by atoms with van der Waals surface area (Å²) in [5.74, 6) is 0.105. The molecule has 0 saturated carbocycles. The number of carbonyl (C=O) groups is 1. The Kier molecular flexibility index (Phi) is 7.43. The van der Waals surface area contributed by atoms with Crippen LogP contribution in [0.4, 0.5) is 5.69 Å². The number of nitrogens with one attached hydrogen (secondary N) is 1. The summed E-state index contributed by atoms with van der Waals surface area (Å²) >= 11 is 0. The second-order valence-electron chi connectivity index (χ2n) is 11.7. The van der Waals surface area contributed by atoms with Gasteiger partial charge < -0.3 is 4.90 Å². The van der Waals surface area contributed by atoms with Gasteiger partial charge in [-0.15, -0.1) is 0 Å². The summed E-state index contributed by atoms with van der Waals surface area (Å²) in [4.78, 5) is 23.2. The van der Waals surface area contributed by atoms with Gasteiger partial charge in [-0.1, -0.05) is 103 Å². The molecule has 4 aromatic rings. The van der Waals surface area contributed by atoms with Crippen LogP contribution in [0.2, 0.25) is 0 Å². The number of amidine groups is 1. The zero-order valence-corrected chi connectivity index (χ0v) is 24.6. The lowest BCUT2D eigenvalue weighted by Gasteiger charge is -2.49. The van der Waals surface area contributed by atoms with Crippen molar-refractivity contribution >= 4 is 17.4 Å². The summed E-state index contributed by atoms with van der Waals surface area (Å²) < 4.78 is 0. The summed E-state index contributed by atoms with van der Waals surface area (Å²) in [6, 6.07) is 40.0. The van der Waals surface area contributed by atoms with Gasteiger partial charge in [-0.2, -0.15) is 5.10 Å². The molecule has 218 valence electrons. The minimum absolute atomic E-state index is 0.0461. The van der Waals surface area contributed by atoms with Crippen LogP contribution >= 0.6 is 0 Å². The molecule has 4 aromatic carbocycles. The Balaban J connectivity index is 1.03. The van der Waals surface area contributed by atoms with Gasteiger partial charge >= 0.3 is 0 Å². The minimum Gasteiger partial charge on any atom is -0.301 e. The first-order valence-corrected chi connectivity index (χ1v) is 15.3. The van der Waals surface area contributed by atoms with Crippen molar-refractivity contribution in [2.24, 2.45) is 5.10 Å². The smallest absolute Gasteiger partial charge is 0.259 e. The zero-order chi connectivity index (χ0) is 29.2. The number of para-hydroxylation sites is 1. The molecular weight excluding hydrogens is 532 g/mol. The predicted octanol–water partition coefficient (Wildman–Crippen LogP) is 5.38. The van der Waals surface area contributed by atoms with Crippen molar-refractivity contribution in [2.75, 3.05) is 44.2 Å². The largest absolute Gasteiger partial charge is 0.301 e. The van der Waals surface area contributed by atoms with E-state index in [1.165, 1.54) is 11.1 Å². The molecule has 0 radical (unpaired) electrons. The number of anilines is 1. The van der Waals surface area contributed by atoms with Gasteiger partial charge in [-0.05, 0) is 43.1 Å². The third-order valence-electron chi connectivity index (χ3n) is 9.06. The van der Waals surface area contributed by atoms with Crippen LogP contribution in [0.1, 0.15) is 46.4 Å². The van der Waals surface area contributed by atoms with Crippen molar-refractivity contribution in [3.63, 3.8) is 0 Å². The average molecular weight is 571 g/mol. The first-order chi connectivity index (χ1) is 21.1. The van der Waals surface area contributed by atoms with E-state index in [-0.39, 0.29) is 11.9 Å². The Morgan fingerprint density at radius 1 is 0.744 bits per heavy atom. The second kappa shape index (κ2) is 11.7. The summed E-state index contributed by atoms with van der Waals surface area (Å²) in [6.45, 7) is 7.68. The number of hydrazone groups is 1. The highest BCUT2D eigenvalue weighted by Gasteiger charge is 2.51. The van der Waals surface area contributed by atoms with Crippen LogP contribution in [-0.4, -0.2) is 71.5 Å². The molecule has 1 N–H and O–H groups in total. The topological polar surface area (TPSA) is 54.4 Å². The lowest BCUT2D eigenvalue weighted by atomic mass is 9.96. The fraction of sp³-hybridized carbons (Fsp3) is 0.278. The lowest BCUT2D eigenvalue weighted by molar-refractivity contribution is 0.0406. The van der Waals surface area contributed by atoms with E-state index in [0.29, 0.717) is 12.1 Å². The molecule has 0 bridgehead atoms. The molecule has 7 rings (SSSR count). The Morgan fingerprint density at radius 2 is 1.33 bits per heavy atom. The van der Waals surface area contributed by atoms with E-state index in [2.05, 4.69) is 99.8 Å². The monoisotopic (exact) mass is 570 g/mol. The van der Waals surface area contributed by atoms with Crippen LogP contribution in [0.15, 0.2) is 120 Å². The molecular formula is C36H38N6O. The molecule has 3 aliphatic heterocycles. The van der Waals surface area contributed by atoms with Gasteiger partial charge in [0.1, 0.15) is 0 Å². The van der Waals surface area contributed by atoms with Crippen LogP contribution in [0.25, 0.3) is 0 Å². The Labute approximate surface area is 254 Å². The molecule has 3 aliphatic rings. The highest BCUT2D eigenvalue weighted by Crippen LogP contribution is 2.39. The molecule has 7 nitrogen and oxygen atoms in total. The minimum atomic E-state index is -0.770. The Morgan fingerprint density at radius 3 is 1.98 bits per heavy atom. The molecule has 3 heterocycles. The van der Waals surface area contributed by atoms with E-state index in [4.69, 9.17) is 5.10 Å². The molecule has 0 aromatic heterocycles. The van der Waals surface area contributed by atoms with Gasteiger partial charge in [0.05, 0.1) is 17.3 Å². The molecule has 1 unspecified atom stereocenters. The van der Waals surface area contributed by atoms with Gasteiger partial charge in [-0.3, -0.25) is 24.9 Å². The Bertz CT molecular complexity index is 1550. The maximum atomic E-state index is 13.9. The van der Waals surface area contributed by atoms with Gasteiger partial charge in [-0.25, -0.2) is 0 Å². The van der Waals surface area contributed by atoms with Gasteiger partial charge in [0.2, 0.25) is 5.79 Å². The first kappa shape index (κ1) is 27.4. The number of hydrogen-bond acceptors (Lipinski definition) is 6. The van der Waals surface area contributed by atoms with Crippen LogP contribution < -0.4 is 10.3 Å². The summed E-state index contributed by atoms with van der Waals surface area (Å²) in [6.07, 6.45) is 0.889. The van der Waals surface area contributed by atoms with Crippen molar-refractivity contribution in [3.05, 3.63) is 138 Å². The number of rotatable bonds is 8. The molecule has 1 saturated heterocycles. The number of fused-ring (bicyclic) bond motifs is 3. The number of nitrogens with zero attached hydrogens (tertiary/aromatic N) is 5. The maximum absolute atomic E-state index is 13.9. The van der Waals surface area contributed by atoms with Crippen molar-refractivity contribution in [1.29, 1.82) is 0 Å². The molecule has 0 spiro atoms. The molecule has 0 aliphatic carbocycles. The molecule has 1 amide bonds. The zero-order valence-electron chi connectivity index (χ0n) is 24.6. The van der Waals surface area contributed by atoms with Crippen LogP contribution in [0, 0.1) is 0 Å². The molecule has 7 heteroatoms. The van der Waals surface area contributed by atoms with Gasteiger partial charge in [0.25, 0.3) is 5.91 Å². The third kappa shape index (κ3) is 5.09. The van der Waals surface area contributed by atoms with Crippen molar-refractivity contribution < 1.29 is 4.79 Å².